The van der Waals surface area contributed by atoms with E-state index >= 15 is 0 Å². The Morgan fingerprint density at radius 2 is 1.95 bits per heavy atom. The van der Waals surface area contributed by atoms with Gasteiger partial charge in [-0.3, -0.25) is 14.5 Å². The van der Waals surface area contributed by atoms with Crippen molar-refractivity contribution in [3.63, 3.8) is 0 Å². The van der Waals surface area contributed by atoms with E-state index in [4.69, 9.17) is 5.11 Å². The van der Waals surface area contributed by atoms with E-state index in [0.717, 1.165) is 10.9 Å². The van der Waals surface area contributed by atoms with E-state index < -0.39 is 5.97 Å². The van der Waals surface area contributed by atoms with Crippen LogP contribution in [0.15, 0.2) is 28.7 Å². The molecule has 0 aliphatic carbocycles. The summed E-state index contributed by atoms with van der Waals surface area (Å²) in [5.74, 6) is -1.15. The van der Waals surface area contributed by atoms with Gasteiger partial charge in [-0.25, -0.2) is 0 Å². The summed E-state index contributed by atoms with van der Waals surface area (Å²) in [4.78, 5) is 24.2. The monoisotopic (exact) mass is 364 g/mol. The van der Waals surface area contributed by atoms with Gasteiger partial charge < -0.3 is 10.4 Å². The normalized spacial score (nSPS) is 9.95. The molecule has 1 rings (SSSR count). The molecular weight excluding hydrogens is 348 g/mol. The van der Waals surface area contributed by atoms with Crippen LogP contribution in [-0.4, -0.2) is 41.5 Å². The van der Waals surface area contributed by atoms with Crippen LogP contribution in [0.4, 0.5) is 5.69 Å². The number of benzene rings is 1. The molecule has 0 spiro atoms. The average molecular weight is 366 g/mol. The molecule has 0 aliphatic rings. The molecule has 112 valence electrons. The molecular formula is C13H18BrClN2O3. The molecule has 1 aromatic carbocycles. The number of nitrogens with zero attached hydrogens (tertiary/aromatic N) is 1. The second kappa shape index (κ2) is 9.74. The van der Waals surface area contributed by atoms with Crippen LogP contribution < -0.4 is 5.32 Å². The number of anilines is 1. The fraction of sp³-hybridized carbons (Fsp3) is 0.385. The highest BCUT2D eigenvalue weighted by Crippen LogP contribution is 2.20. The minimum absolute atomic E-state index is 0. The quantitative estimate of drug-likeness (QED) is 0.779. The predicted octanol–water partition coefficient (Wildman–Crippen LogP) is 2.61. The number of hydrogen-bond acceptors (Lipinski definition) is 3. The number of para-hydroxylation sites is 1. The topological polar surface area (TPSA) is 69.6 Å². The Morgan fingerprint density at radius 3 is 2.50 bits per heavy atom. The van der Waals surface area contributed by atoms with Gasteiger partial charge in [-0.1, -0.05) is 19.1 Å². The zero-order valence-corrected chi connectivity index (χ0v) is 13.5. The standard InChI is InChI=1S/C13H17BrN2O3.ClH/c1-2-7-16(9-13(18)19)8-12(17)15-11-6-4-3-5-10(11)14;/h3-6H,2,7-9H2,1H3,(H,15,17)(H,18,19);1H. The Kier molecular flexibility index (Phi) is 9.20. The van der Waals surface area contributed by atoms with E-state index in [1.807, 2.05) is 25.1 Å². The summed E-state index contributed by atoms with van der Waals surface area (Å²) in [6.07, 6.45) is 0.801. The summed E-state index contributed by atoms with van der Waals surface area (Å²) >= 11 is 3.34. The molecule has 0 fully saturated rings. The Labute approximate surface area is 132 Å². The van der Waals surface area contributed by atoms with Crippen LogP contribution in [0.3, 0.4) is 0 Å². The van der Waals surface area contributed by atoms with Crippen LogP contribution in [-0.2, 0) is 9.59 Å². The van der Waals surface area contributed by atoms with Crippen LogP contribution in [0.1, 0.15) is 13.3 Å². The molecule has 0 aromatic heterocycles. The molecule has 0 saturated carbocycles. The summed E-state index contributed by atoms with van der Waals surface area (Å²) in [7, 11) is 0. The lowest BCUT2D eigenvalue weighted by Gasteiger charge is -2.18. The zero-order chi connectivity index (χ0) is 14.3. The van der Waals surface area contributed by atoms with Gasteiger partial charge in [0.1, 0.15) is 0 Å². The highest BCUT2D eigenvalue weighted by atomic mass is 79.9. The third-order valence-corrected chi connectivity index (χ3v) is 3.11. The number of hydrogen-bond donors (Lipinski definition) is 2. The van der Waals surface area contributed by atoms with Crippen LogP contribution in [0.25, 0.3) is 0 Å². The van der Waals surface area contributed by atoms with E-state index in [0.29, 0.717) is 12.2 Å². The molecule has 0 heterocycles. The summed E-state index contributed by atoms with van der Waals surface area (Å²) < 4.78 is 0.795. The summed E-state index contributed by atoms with van der Waals surface area (Å²) in [6.45, 7) is 2.47. The van der Waals surface area contributed by atoms with Crippen molar-refractivity contribution in [3.05, 3.63) is 28.7 Å². The molecule has 20 heavy (non-hydrogen) atoms. The summed E-state index contributed by atoms with van der Waals surface area (Å²) in [6, 6.07) is 7.29. The van der Waals surface area contributed by atoms with Crippen LogP contribution in [0.5, 0.6) is 0 Å². The predicted molar refractivity (Wildman–Crippen MR) is 84.4 cm³/mol. The Hall–Kier alpha value is -1.11. The summed E-state index contributed by atoms with van der Waals surface area (Å²) in [5, 5.41) is 11.5. The number of amides is 1. The van der Waals surface area contributed by atoms with Crippen molar-refractivity contribution in [2.45, 2.75) is 13.3 Å². The van der Waals surface area contributed by atoms with E-state index in [9.17, 15) is 9.59 Å². The number of aliphatic carboxylic acids is 1. The van der Waals surface area contributed by atoms with Gasteiger partial charge in [0.25, 0.3) is 0 Å². The second-order valence-electron chi connectivity index (χ2n) is 4.13. The first-order valence-corrected chi connectivity index (χ1v) is 6.80. The van der Waals surface area contributed by atoms with Gasteiger partial charge in [-0.2, -0.15) is 0 Å². The fourth-order valence-corrected chi connectivity index (χ4v) is 2.06. The highest BCUT2D eigenvalue weighted by Gasteiger charge is 2.13. The lowest BCUT2D eigenvalue weighted by molar-refractivity contribution is -0.138. The largest absolute Gasteiger partial charge is 0.480 e. The third-order valence-electron chi connectivity index (χ3n) is 2.41. The van der Waals surface area contributed by atoms with Crippen molar-refractivity contribution in [3.8, 4) is 0 Å². The smallest absolute Gasteiger partial charge is 0.317 e. The minimum Gasteiger partial charge on any atom is -0.480 e. The number of carbonyl (C=O) groups excluding carboxylic acids is 1. The van der Waals surface area contributed by atoms with Crippen molar-refractivity contribution < 1.29 is 14.7 Å². The Bertz CT molecular complexity index is 457. The lowest BCUT2D eigenvalue weighted by Crippen LogP contribution is -2.37. The van der Waals surface area contributed by atoms with Gasteiger partial charge in [-0.05, 0) is 41.0 Å². The molecule has 7 heteroatoms. The number of rotatable bonds is 7. The first-order chi connectivity index (χ1) is 9.02. The van der Waals surface area contributed by atoms with Gasteiger partial charge in [0.05, 0.1) is 18.8 Å². The van der Waals surface area contributed by atoms with Gasteiger partial charge in [-0.15, -0.1) is 12.4 Å². The van der Waals surface area contributed by atoms with Crippen molar-refractivity contribution in [2.24, 2.45) is 0 Å². The Morgan fingerprint density at radius 1 is 1.30 bits per heavy atom. The first-order valence-electron chi connectivity index (χ1n) is 6.01. The minimum atomic E-state index is -0.929. The van der Waals surface area contributed by atoms with E-state index in [1.54, 1.807) is 11.0 Å². The molecule has 0 radical (unpaired) electrons. The summed E-state index contributed by atoms with van der Waals surface area (Å²) in [5.41, 5.74) is 0.680. The number of nitrogens with one attached hydrogen (secondary N) is 1. The SMILES string of the molecule is CCCN(CC(=O)O)CC(=O)Nc1ccccc1Br.Cl. The van der Waals surface area contributed by atoms with E-state index in [-0.39, 0.29) is 31.4 Å². The second-order valence-corrected chi connectivity index (χ2v) is 4.99. The van der Waals surface area contributed by atoms with Gasteiger partial charge >= 0.3 is 5.97 Å². The van der Waals surface area contributed by atoms with Crippen molar-refractivity contribution in [2.75, 3.05) is 25.0 Å². The number of carbonyl (C=O) groups is 2. The molecule has 5 nitrogen and oxygen atoms in total. The van der Waals surface area contributed by atoms with Crippen molar-refractivity contribution in [1.82, 2.24) is 4.90 Å². The first kappa shape index (κ1) is 18.9. The van der Waals surface area contributed by atoms with Crippen LogP contribution in [0.2, 0.25) is 0 Å². The zero-order valence-electron chi connectivity index (χ0n) is 11.1. The molecule has 1 aromatic rings. The molecule has 1 amide bonds. The average Bonchev–Trinajstić information content (AvgIpc) is 2.31. The van der Waals surface area contributed by atoms with Gasteiger partial charge in [0, 0.05) is 4.47 Å². The van der Waals surface area contributed by atoms with E-state index in [2.05, 4.69) is 21.2 Å². The number of halogens is 2. The molecule has 0 atom stereocenters. The van der Waals surface area contributed by atoms with Gasteiger partial charge in [0.2, 0.25) is 5.91 Å². The van der Waals surface area contributed by atoms with Crippen LogP contribution >= 0.6 is 28.3 Å². The lowest BCUT2D eigenvalue weighted by atomic mass is 10.3. The maximum atomic E-state index is 11.9. The number of carboxylic acid groups (broad SMARTS) is 1. The van der Waals surface area contributed by atoms with Gasteiger partial charge in [0.15, 0.2) is 0 Å². The number of carboxylic acids is 1. The Balaban J connectivity index is 0.00000361. The molecule has 0 bridgehead atoms. The maximum absolute atomic E-state index is 11.9. The molecule has 0 aliphatic heterocycles. The fourth-order valence-electron chi connectivity index (χ4n) is 1.68. The molecule has 0 saturated heterocycles. The maximum Gasteiger partial charge on any atom is 0.317 e. The van der Waals surface area contributed by atoms with Crippen LogP contribution in [0, 0.1) is 0 Å². The van der Waals surface area contributed by atoms with E-state index in [1.165, 1.54) is 0 Å². The molecule has 2 N–H and O–H groups in total. The molecule has 0 unspecified atom stereocenters. The third kappa shape index (κ3) is 6.88. The van der Waals surface area contributed by atoms with Crippen molar-refractivity contribution >= 4 is 45.9 Å². The highest BCUT2D eigenvalue weighted by molar-refractivity contribution is 9.10. The van der Waals surface area contributed by atoms with Crippen molar-refractivity contribution in [1.29, 1.82) is 0 Å².